The second kappa shape index (κ2) is 3.94. The molecule has 3 nitrogen and oxygen atoms in total. The molecule has 0 fully saturated rings. The van der Waals surface area contributed by atoms with Gasteiger partial charge in [0.1, 0.15) is 0 Å². The summed E-state index contributed by atoms with van der Waals surface area (Å²) in [6, 6.07) is 8.43. The van der Waals surface area contributed by atoms with Gasteiger partial charge >= 0.3 is 5.97 Å². The van der Waals surface area contributed by atoms with Crippen molar-refractivity contribution in [2.24, 2.45) is 16.3 Å². The highest BCUT2D eigenvalue weighted by atomic mass is 16.4. The summed E-state index contributed by atoms with van der Waals surface area (Å²) in [6.45, 7) is 2.61. The van der Waals surface area contributed by atoms with Crippen LogP contribution in [0.4, 0.5) is 0 Å². The van der Waals surface area contributed by atoms with Crippen molar-refractivity contribution in [1.82, 2.24) is 0 Å². The molecule has 2 aliphatic rings. The van der Waals surface area contributed by atoms with Gasteiger partial charge in [-0.05, 0) is 24.0 Å². The molecule has 18 heavy (non-hydrogen) atoms. The van der Waals surface area contributed by atoms with Crippen LogP contribution in [-0.4, -0.2) is 23.3 Å². The van der Waals surface area contributed by atoms with Crippen molar-refractivity contribution >= 4 is 11.7 Å². The van der Waals surface area contributed by atoms with Gasteiger partial charge in [0.2, 0.25) is 0 Å². The second-order valence-electron chi connectivity index (χ2n) is 5.71. The number of rotatable bonds is 1. The predicted molar refractivity (Wildman–Crippen MR) is 70.0 cm³/mol. The highest BCUT2D eigenvalue weighted by Crippen LogP contribution is 2.41. The predicted octanol–water partition coefficient (Wildman–Crippen LogP) is 2.34. The molecule has 0 aromatic heterocycles. The van der Waals surface area contributed by atoms with Gasteiger partial charge in [0.15, 0.2) is 0 Å². The number of carboxylic acid groups (broad SMARTS) is 1. The van der Waals surface area contributed by atoms with E-state index in [9.17, 15) is 4.79 Å². The molecule has 2 atom stereocenters. The van der Waals surface area contributed by atoms with Crippen LogP contribution in [0.15, 0.2) is 29.3 Å². The molecule has 1 N–H and O–H groups in total. The number of nitrogens with zero attached hydrogens (tertiary/aromatic N) is 1. The maximum atomic E-state index is 11.1. The average molecular weight is 243 g/mol. The van der Waals surface area contributed by atoms with E-state index in [1.165, 1.54) is 16.8 Å². The molecular formula is C15H17NO2. The van der Waals surface area contributed by atoms with Crippen LogP contribution in [0.5, 0.6) is 0 Å². The number of fused-ring (bicyclic) bond motifs is 2. The molecule has 0 bridgehead atoms. The first kappa shape index (κ1) is 11.5. The van der Waals surface area contributed by atoms with E-state index in [0.717, 1.165) is 19.3 Å². The van der Waals surface area contributed by atoms with Crippen molar-refractivity contribution in [1.29, 1.82) is 0 Å². The molecular weight excluding hydrogens is 226 g/mol. The molecule has 0 saturated heterocycles. The number of benzene rings is 1. The van der Waals surface area contributed by atoms with Crippen LogP contribution in [0.1, 0.15) is 24.5 Å². The van der Waals surface area contributed by atoms with E-state index in [1.54, 1.807) is 0 Å². The van der Waals surface area contributed by atoms with Gasteiger partial charge in [0.05, 0.1) is 12.5 Å². The number of aliphatic imine (C=N–C) groups is 1. The van der Waals surface area contributed by atoms with Crippen molar-refractivity contribution < 1.29 is 9.90 Å². The van der Waals surface area contributed by atoms with Gasteiger partial charge in [-0.3, -0.25) is 9.79 Å². The number of hydrogen-bond donors (Lipinski definition) is 1. The first-order chi connectivity index (χ1) is 8.58. The van der Waals surface area contributed by atoms with E-state index >= 15 is 0 Å². The lowest BCUT2D eigenvalue weighted by Crippen LogP contribution is -2.43. The minimum atomic E-state index is -0.710. The van der Waals surface area contributed by atoms with E-state index in [0.29, 0.717) is 6.54 Å². The zero-order valence-corrected chi connectivity index (χ0v) is 10.5. The molecule has 94 valence electrons. The van der Waals surface area contributed by atoms with Gasteiger partial charge in [-0.25, -0.2) is 0 Å². The Morgan fingerprint density at radius 3 is 2.83 bits per heavy atom. The number of carboxylic acids is 1. The fourth-order valence-electron chi connectivity index (χ4n) is 3.25. The Labute approximate surface area is 107 Å². The molecule has 3 rings (SSSR count). The summed E-state index contributed by atoms with van der Waals surface area (Å²) in [6.07, 6.45) is 2.53. The standard InChI is InChI=1S/C15H17NO2/c1-15-7-11-5-3-2-4-10(11)6-13(15)16-9-12(8-15)14(17)18/h2-5,12H,6-9H2,1H3,(H,17,18)/t12-,15?/m1/s1. The Kier molecular flexibility index (Phi) is 2.51. The monoisotopic (exact) mass is 243 g/mol. The Balaban J connectivity index is 1.97. The van der Waals surface area contributed by atoms with Gasteiger partial charge in [-0.2, -0.15) is 0 Å². The van der Waals surface area contributed by atoms with Crippen LogP contribution in [0.2, 0.25) is 0 Å². The van der Waals surface area contributed by atoms with Gasteiger partial charge in [-0.1, -0.05) is 31.2 Å². The largest absolute Gasteiger partial charge is 0.481 e. The molecule has 0 spiro atoms. The van der Waals surface area contributed by atoms with E-state index in [1.807, 2.05) is 0 Å². The highest BCUT2D eigenvalue weighted by molar-refractivity contribution is 5.95. The average Bonchev–Trinajstić information content (AvgIpc) is 2.34. The third-order valence-electron chi connectivity index (χ3n) is 4.30. The van der Waals surface area contributed by atoms with Gasteiger partial charge in [0, 0.05) is 17.5 Å². The maximum Gasteiger partial charge on any atom is 0.308 e. The topological polar surface area (TPSA) is 49.7 Å². The fourth-order valence-corrected chi connectivity index (χ4v) is 3.25. The lowest BCUT2D eigenvalue weighted by atomic mass is 9.65. The molecule has 1 heterocycles. The van der Waals surface area contributed by atoms with Gasteiger partial charge < -0.3 is 5.11 Å². The van der Waals surface area contributed by atoms with Crippen LogP contribution < -0.4 is 0 Å². The second-order valence-corrected chi connectivity index (χ2v) is 5.71. The van der Waals surface area contributed by atoms with Crippen molar-refractivity contribution in [3.63, 3.8) is 0 Å². The Hall–Kier alpha value is -1.64. The van der Waals surface area contributed by atoms with Gasteiger partial charge in [0.25, 0.3) is 0 Å². The van der Waals surface area contributed by atoms with Gasteiger partial charge in [-0.15, -0.1) is 0 Å². The lowest BCUT2D eigenvalue weighted by molar-refractivity contribution is -0.142. The van der Waals surface area contributed by atoms with Crippen molar-refractivity contribution in [3.8, 4) is 0 Å². The Morgan fingerprint density at radius 1 is 1.39 bits per heavy atom. The summed E-state index contributed by atoms with van der Waals surface area (Å²) in [5.41, 5.74) is 3.83. The van der Waals surface area contributed by atoms with E-state index in [-0.39, 0.29) is 11.3 Å². The van der Waals surface area contributed by atoms with Crippen LogP contribution in [0, 0.1) is 11.3 Å². The summed E-state index contributed by atoms with van der Waals surface area (Å²) in [7, 11) is 0. The van der Waals surface area contributed by atoms with E-state index in [2.05, 4.69) is 36.2 Å². The minimum absolute atomic E-state index is 0.0599. The molecule has 0 radical (unpaired) electrons. The normalized spacial score (nSPS) is 30.1. The highest BCUT2D eigenvalue weighted by Gasteiger charge is 2.41. The lowest BCUT2D eigenvalue weighted by Gasteiger charge is -2.41. The molecule has 3 heteroatoms. The van der Waals surface area contributed by atoms with E-state index in [4.69, 9.17) is 5.11 Å². The maximum absolute atomic E-state index is 11.1. The first-order valence-electron chi connectivity index (χ1n) is 6.42. The van der Waals surface area contributed by atoms with Crippen LogP contribution in [-0.2, 0) is 17.6 Å². The van der Waals surface area contributed by atoms with Crippen molar-refractivity contribution in [2.45, 2.75) is 26.2 Å². The Bertz CT molecular complexity index is 535. The summed E-state index contributed by atoms with van der Waals surface area (Å²) in [5, 5.41) is 9.17. The third-order valence-corrected chi connectivity index (χ3v) is 4.30. The molecule has 1 aromatic rings. The zero-order chi connectivity index (χ0) is 12.8. The molecule has 0 saturated carbocycles. The number of hydrogen-bond acceptors (Lipinski definition) is 2. The van der Waals surface area contributed by atoms with Crippen LogP contribution >= 0.6 is 0 Å². The Morgan fingerprint density at radius 2 is 2.11 bits per heavy atom. The fraction of sp³-hybridized carbons (Fsp3) is 0.467. The molecule has 1 aliphatic carbocycles. The summed E-state index contributed by atoms with van der Waals surface area (Å²) < 4.78 is 0. The van der Waals surface area contributed by atoms with Crippen molar-refractivity contribution in [2.75, 3.05) is 6.54 Å². The van der Waals surface area contributed by atoms with E-state index < -0.39 is 5.97 Å². The molecule has 1 unspecified atom stereocenters. The number of carbonyl (C=O) groups is 1. The smallest absolute Gasteiger partial charge is 0.308 e. The molecule has 0 amide bonds. The zero-order valence-electron chi connectivity index (χ0n) is 10.5. The summed E-state index contributed by atoms with van der Waals surface area (Å²) in [4.78, 5) is 15.7. The van der Waals surface area contributed by atoms with Crippen LogP contribution in [0.3, 0.4) is 0 Å². The first-order valence-corrected chi connectivity index (χ1v) is 6.42. The summed E-state index contributed by atoms with van der Waals surface area (Å²) >= 11 is 0. The SMILES string of the molecule is CC12Cc3ccccc3CC1=NC[C@H](C(=O)O)C2. The molecule has 1 aromatic carbocycles. The molecule has 1 aliphatic heterocycles. The van der Waals surface area contributed by atoms with Crippen LogP contribution in [0.25, 0.3) is 0 Å². The third kappa shape index (κ3) is 1.74. The minimum Gasteiger partial charge on any atom is -0.481 e. The van der Waals surface area contributed by atoms with Crippen molar-refractivity contribution in [3.05, 3.63) is 35.4 Å². The quantitative estimate of drug-likeness (QED) is 0.823. The number of aliphatic carboxylic acids is 1. The summed E-state index contributed by atoms with van der Waals surface area (Å²) in [5.74, 6) is -1.03.